The molecule has 0 saturated heterocycles. The molecule has 1 aromatic heterocycles. The molecule has 0 amide bonds. The zero-order valence-corrected chi connectivity index (χ0v) is 12.4. The van der Waals surface area contributed by atoms with Gasteiger partial charge in [0.2, 0.25) is 10.0 Å². The van der Waals surface area contributed by atoms with E-state index in [1.165, 1.54) is 18.3 Å². The maximum absolute atomic E-state index is 12.2. The first-order valence-electron chi connectivity index (χ1n) is 6.30. The van der Waals surface area contributed by atoms with E-state index in [1.807, 2.05) is 24.3 Å². The van der Waals surface area contributed by atoms with Crippen LogP contribution in [0.1, 0.15) is 11.1 Å². The standard InChI is InChI=1S/C14H17N3O3S/c1-20-10-12-5-2-4-11(8-12)9-17-21(18,19)13-6-3-7-16-14(13)15/h2-8,17H,9-10H2,1H3,(H2,15,16). The zero-order chi connectivity index (χ0) is 15.3. The second kappa shape index (κ2) is 6.66. The minimum absolute atomic E-state index is 0.0156. The summed E-state index contributed by atoms with van der Waals surface area (Å²) in [5, 5.41) is 0. The van der Waals surface area contributed by atoms with Gasteiger partial charge in [0, 0.05) is 19.9 Å². The molecular weight excluding hydrogens is 290 g/mol. The van der Waals surface area contributed by atoms with Gasteiger partial charge in [-0.05, 0) is 23.3 Å². The third kappa shape index (κ3) is 4.01. The topological polar surface area (TPSA) is 94.3 Å². The molecule has 0 aliphatic carbocycles. The molecule has 1 heterocycles. The molecule has 0 radical (unpaired) electrons. The van der Waals surface area contributed by atoms with Gasteiger partial charge in [-0.25, -0.2) is 18.1 Å². The summed E-state index contributed by atoms with van der Waals surface area (Å²) < 4.78 is 31.9. The Kier molecular flexibility index (Phi) is 4.89. The van der Waals surface area contributed by atoms with Gasteiger partial charge in [-0.15, -0.1) is 0 Å². The fourth-order valence-corrected chi connectivity index (χ4v) is 2.98. The van der Waals surface area contributed by atoms with E-state index in [9.17, 15) is 8.42 Å². The number of rotatable bonds is 6. The van der Waals surface area contributed by atoms with Crippen molar-refractivity contribution in [2.75, 3.05) is 12.8 Å². The Labute approximate surface area is 124 Å². The predicted octanol–water partition coefficient (Wildman–Crippen LogP) is 1.29. The first-order chi connectivity index (χ1) is 10.0. The number of hydrogen-bond acceptors (Lipinski definition) is 5. The smallest absolute Gasteiger partial charge is 0.244 e. The monoisotopic (exact) mass is 307 g/mol. The van der Waals surface area contributed by atoms with Crippen LogP contribution in [0.25, 0.3) is 0 Å². The fourth-order valence-electron chi connectivity index (χ4n) is 1.88. The molecule has 0 aliphatic rings. The zero-order valence-electron chi connectivity index (χ0n) is 11.6. The highest BCUT2D eigenvalue weighted by Gasteiger charge is 2.17. The van der Waals surface area contributed by atoms with E-state index in [2.05, 4.69) is 9.71 Å². The summed E-state index contributed by atoms with van der Waals surface area (Å²) in [7, 11) is -2.07. The molecule has 3 N–H and O–H groups in total. The second-order valence-electron chi connectivity index (χ2n) is 4.46. The summed E-state index contributed by atoms with van der Waals surface area (Å²) in [6.07, 6.45) is 1.45. The fraction of sp³-hybridized carbons (Fsp3) is 0.214. The molecule has 0 atom stereocenters. The highest BCUT2D eigenvalue weighted by molar-refractivity contribution is 7.89. The lowest BCUT2D eigenvalue weighted by atomic mass is 10.1. The molecule has 6 nitrogen and oxygen atoms in total. The number of pyridine rings is 1. The number of nitrogens with zero attached hydrogens (tertiary/aromatic N) is 1. The van der Waals surface area contributed by atoms with Crippen LogP contribution < -0.4 is 10.5 Å². The summed E-state index contributed by atoms with van der Waals surface area (Å²) in [6.45, 7) is 0.657. The number of nitrogens with two attached hydrogens (primary N) is 1. The van der Waals surface area contributed by atoms with Crippen LogP contribution in [0, 0.1) is 0 Å². The van der Waals surface area contributed by atoms with Crippen LogP contribution in [0.4, 0.5) is 5.82 Å². The van der Waals surface area contributed by atoms with Crippen LogP contribution in [-0.4, -0.2) is 20.5 Å². The lowest BCUT2D eigenvalue weighted by Crippen LogP contribution is -2.24. The maximum atomic E-state index is 12.2. The van der Waals surface area contributed by atoms with Gasteiger partial charge in [0.15, 0.2) is 0 Å². The minimum Gasteiger partial charge on any atom is -0.383 e. The predicted molar refractivity (Wildman–Crippen MR) is 79.8 cm³/mol. The number of benzene rings is 1. The normalized spacial score (nSPS) is 11.5. The van der Waals surface area contributed by atoms with Crippen molar-refractivity contribution < 1.29 is 13.2 Å². The number of sulfonamides is 1. The lowest BCUT2D eigenvalue weighted by Gasteiger charge is -2.09. The van der Waals surface area contributed by atoms with Crippen molar-refractivity contribution >= 4 is 15.8 Å². The Bertz CT molecular complexity index is 717. The van der Waals surface area contributed by atoms with Gasteiger partial charge in [0.05, 0.1) is 6.61 Å². The molecule has 21 heavy (non-hydrogen) atoms. The highest BCUT2D eigenvalue weighted by atomic mass is 32.2. The van der Waals surface area contributed by atoms with E-state index >= 15 is 0 Å². The number of anilines is 1. The summed E-state index contributed by atoms with van der Waals surface area (Å²) in [4.78, 5) is 3.77. The number of aromatic nitrogens is 1. The molecule has 2 aromatic rings. The SMILES string of the molecule is COCc1cccc(CNS(=O)(=O)c2cccnc2N)c1. The van der Waals surface area contributed by atoms with Crippen molar-refractivity contribution in [1.82, 2.24) is 9.71 Å². The number of hydrogen-bond donors (Lipinski definition) is 2. The summed E-state index contributed by atoms with van der Waals surface area (Å²) >= 11 is 0. The minimum atomic E-state index is -3.68. The van der Waals surface area contributed by atoms with E-state index in [1.54, 1.807) is 7.11 Å². The third-order valence-electron chi connectivity index (χ3n) is 2.86. The molecule has 7 heteroatoms. The van der Waals surface area contributed by atoms with E-state index in [-0.39, 0.29) is 17.3 Å². The van der Waals surface area contributed by atoms with Crippen LogP contribution in [0.15, 0.2) is 47.5 Å². The summed E-state index contributed by atoms with van der Waals surface area (Å²) in [5.74, 6) is -0.0156. The quantitative estimate of drug-likeness (QED) is 0.838. The first kappa shape index (κ1) is 15.4. The Morgan fingerprint density at radius 1 is 1.24 bits per heavy atom. The molecule has 0 fully saturated rings. The molecular formula is C14H17N3O3S. The van der Waals surface area contributed by atoms with Gasteiger partial charge in [0.25, 0.3) is 0 Å². The summed E-state index contributed by atoms with van der Waals surface area (Å²) in [6, 6.07) is 10.5. The van der Waals surface area contributed by atoms with Crippen LogP contribution in [-0.2, 0) is 27.9 Å². The number of methoxy groups -OCH3 is 1. The van der Waals surface area contributed by atoms with Gasteiger partial charge < -0.3 is 10.5 Å². The third-order valence-corrected chi connectivity index (χ3v) is 4.31. The molecule has 0 aliphatic heterocycles. The number of nitrogens with one attached hydrogen (secondary N) is 1. The summed E-state index contributed by atoms with van der Waals surface area (Å²) in [5.41, 5.74) is 7.42. The van der Waals surface area contributed by atoms with Gasteiger partial charge in [0.1, 0.15) is 10.7 Å². The Morgan fingerprint density at radius 2 is 2.00 bits per heavy atom. The van der Waals surface area contributed by atoms with Crippen molar-refractivity contribution in [2.45, 2.75) is 18.0 Å². The van der Waals surface area contributed by atoms with Gasteiger partial charge >= 0.3 is 0 Å². The molecule has 1 aromatic carbocycles. The first-order valence-corrected chi connectivity index (χ1v) is 7.78. The van der Waals surface area contributed by atoms with Crippen molar-refractivity contribution in [3.63, 3.8) is 0 Å². The molecule has 112 valence electrons. The van der Waals surface area contributed by atoms with Gasteiger partial charge in [-0.3, -0.25) is 0 Å². The van der Waals surface area contributed by atoms with Crippen LogP contribution in [0.5, 0.6) is 0 Å². The number of nitrogen functional groups attached to an aromatic ring is 1. The molecule has 0 saturated carbocycles. The van der Waals surface area contributed by atoms with Crippen LogP contribution in [0.3, 0.4) is 0 Å². The maximum Gasteiger partial charge on any atom is 0.244 e. The van der Waals surface area contributed by atoms with Crippen molar-refractivity contribution in [1.29, 1.82) is 0 Å². The Morgan fingerprint density at radius 3 is 2.71 bits per heavy atom. The molecule has 0 spiro atoms. The van der Waals surface area contributed by atoms with Crippen molar-refractivity contribution in [3.8, 4) is 0 Å². The van der Waals surface area contributed by atoms with Crippen LogP contribution >= 0.6 is 0 Å². The molecule has 0 unspecified atom stereocenters. The van der Waals surface area contributed by atoms with E-state index < -0.39 is 10.0 Å². The average Bonchev–Trinajstić information content (AvgIpc) is 2.46. The van der Waals surface area contributed by atoms with E-state index in [0.29, 0.717) is 6.61 Å². The van der Waals surface area contributed by atoms with E-state index in [0.717, 1.165) is 11.1 Å². The largest absolute Gasteiger partial charge is 0.383 e. The van der Waals surface area contributed by atoms with Gasteiger partial charge in [-0.1, -0.05) is 24.3 Å². The lowest BCUT2D eigenvalue weighted by molar-refractivity contribution is 0.185. The van der Waals surface area contributed by atoms with Crippen LogP contribution in [0.2, 0.25) is 0 Å². The average molecular weight is 307 g/mol. The Balaban J connectivity index is 2.12. The van der Waals surface area contributed by atoms with Crippen molar-refractivity contribution in [2.24, 2.45) is 0 Å². The Hall–Kier alpha value is -1.96. The molecule has 2 rings (SSSR count). The number of ether oxygens (including phenoxy) is 1. The van der Waals surface area contributed by atoms with E-state index in [4.69, 9.17) is 10.5 Å². The highest BCUT2D eigenvalue weighted by Crippen LogP contribution is 2.15. The van der Waals surface area contributed by atoms with Gasteiger partial charge in [-0.2, -0.15) is 0 Å². The van der Waals surface area contributed by atoms with Crippen molar-refractivity contribution in [3.05, 3.63) is 53.7 Å². The molecule has 0 bridgehead atoms. The second-order valence-corrected chi connectivity index (χ2v) is 6.20.